The van der Waals surface area contributed by atoms with Crippen molar-refractivity contribution >= 4 is 72.8 Å². The number of hydrogen-bond donors (Lipinski definition) is 5. The van der Waals surface area contributed by atoms with E-state index in [1.54, 1.807) is 20.8 Å². The van der Waals surface area contributed by atoms with Crippen molar-refractivity contribution in [3.8, 4) is 17.5 Å². The number of benzene rings is 4. The smallest absolute Gasteiger partial charge is 0.472 e. The lowest BCUT2D eigenvalue weighted by Crippen LogP contribution is -2.38. The number of phosphoric ester groups is 3. The van der Waals surface area contributed by atoms with Gasteiger partial charge in [0.25, 0.3) is 0 Å². The first-order valence-electron chi connectivity index (χ1n) is 23.4. The Morgan fingerprint density at radius 2 is 1.16 bits per heavy atom. The first-order valence-corrected chi connectivity index (χ1v) is 27.9. The van der Waals surface area contributed by atoms with Gasteiger partial charge >= 0.3 is 29.5 Å². The largest absolute Gasteiger partial charge is 0.490 e. The van der Waals surface area contributed by atoms with Crippen LogP contribution >= 0.6 is 23.5 Å². The van der Waals surface area contributed by atoms with Gasteiger partial charge in [0.1, 0.15) is 50.6 Å². The molecule has 1 aliphatic rings. The average Bonchev–Trinajstić information content (AvgIpc) is 3.86. The molecule has 0 spiro atoms. The van der Waals surface area contributed by atoms with E-state index < -0.39 is 65.4 Å². The highest BCUT2D eigenvalue weighted by atomic mass is 31.2. The zero-order valence-corrected chi connectivity index (χ0v) is 45.0. The Balaban J connectivity index is 0.943. The molecule has 0 aliphatic carbocycles. The fraction of sp³-hybridized carbons (Fsp3) is 0.511. The van der Waals surface area contributed by atoms with E-state index >= 15 is 0 Å². The minimum Gasteiger partial charge on any atom is -0.490 e. The van der Waals surface area contributed by atoms with Gasteiger partial charge in [-0.15, -0.1) is 0 Å². The van der Waals surface area contributed by atoms with Crippen molar-refractivity contribution in [1.82, 2.24) is 19.5 Å². The highest BCUT2D eigenvalue weighted by Crippen LogP contribution is 2.51. The molecule has 0 radical (unpaired) electrons. The average molecular weight is 1080 g/mol. The molecule has 7 rings (SSSR count). The maximum absolute atomic E-state index is 12.9. The molecule has 1 fully saturated rings. The Labute approximate surface area is 422 Å². The van der Waals surface area contributed by atoms with Crippen molar-refractivity contribution in [2.24, 2.45) is 11.3 Å². The number of aliphatic hydroxyl groups is 1. The molecule has 4 aromatic carbocycles. The van der Waals surface area contributed by atoms with Crippen LogP contribution in [0.15, 0.2) is 67.0 Å². The monoisotopic (exact) mass is 1080 g/mol. The lowest BCUT2D eigenvalue weighted by atomic mass is 9.75. The van der Waals surface area contributed by atoms with Crippen LogP contribution in [0.25, 0.3) is 43.5 Å². The molecule has 73 heavy (non-hydrogen) atoms. The Morgan fingerprint density at radius 1 is 0.671 bits per heavy atom. The molecular formula is C47H66N6O17P3+. The van der Waals surface area contributed by atoms with E-state index in [1.165, 1.54) is 10.9 Å². The highest BCUT2D eigenvalue weighted by Gasteiger charge is 2.51. The van der Waals surface area contributed by atoms with Crippen LogP contribution in [0.4, 0.5) is 5.82 Å². The van der Waals surface area contributed by atoms with Crippen molar-refractivity contribution < 1.29 is 84.1 Å². The molecule has 23 nitrogen and oxygen atoms in total. The molecule has 7 atom stereocenters. The predicted octanol–water partition coefficient (Wildman–Crippen LogP) is 7.53. The van der Waals surface area contributed by atoms with Crippen molar-refractivity contribution in [3.63, 3.8) is 0 Å². The molecule has 7 unspecified atom stereocenters. The quantitative estimate of drug-likeness (QED) is 0.0169. The van der Waals surface area contributed by atoms with Crippen LogP contribution in [-0.4, -0.2) is 142 Å². The van der Waals surface area contributed by atoms with Gasteiger partial charge in [0.05, 0.1) is 65.6 Å². The van der Waals surface area contributed by atoms with Crippen molar-refractivity contribution in [2.45, 2.75) is 65.6 Å². The number of nitrogens with zero attached hydrogens (tertiary/aromatic N) is 5. The third-order valence-corrected chi connectivity index (χ3v) is 14.7. The summed E-state index contributed by atoms with van der Waals surface area (Å²) < 4.78 is 95.5. The van der Waals surface area contributed by atoms with Crippen LogP contribution in [-0.2, 0) is 45.6 Å². The Bertz CT molecular complexity index is 3050. The molecule has 1 aliphatic heterocycles. The maximum Gasteiger partial charge on any atom is 0.472 e. The number of aliphatic hydroxyl groups excluding tert-OH is 1. The topological polar surface area (TPSA) is 294 Å². The normalized spacial score (nSPS) is 20.3. The number of quaternary nitrogens is 1. The van der Waals surface area contributed by atoms with Crippen LogP contribution in [0.3, 0.4) is 0 Å². The van der Waals surface area contributed by atoms with Gasteiger partial charge < -0.3 is 49.0 Å². The molecular weight excluding hydrogens is 1010 g/mol. The number of hydrogen-bond acceptors (Lipinski definition) is 18. The Hall–Kier alpha value is -4.38. The Morgan fingerprint density at radius 3 is 1.66 bits per heavy atom. The molecule has 6 aromatic rings. The van der Waals surface area contributed by atoms with E-state index in [4.69, 9.17) is 51.8 Å². The standard InChI is InChI=1S/C47H65N6O17P3/c1-46(2,3)39-38(28-68-73(59,60)70-47(4,5)6)69-44(41(39)54)52-29-49-40-42(48)50-45(51-43(40)52)63-22-25-67-72(57,58)66-24-21-62-37-27-35-30-14-10-12-16-32(30)36(26-34(35)31-15-11-13-17-33(31)37)61-20-23-65-71(55,56)64-19-18-53(7,8)9/h10-17,26-27,29,38-39,41,44,54H,18-25,28H2,1-9H3,(H4-,48,50,51,55,56,57,58,59,60)/p+1. The second-order valence-corrected chi connectivity index (χ2v) is 24.7. The summed E-state index contributed by atoms with van der Waals surface area (Å²) in [4.78, 5) is 43.9. The number of anilines is 1. The molecule has 3 heterocycles. The fourth-order valence-corrected chi connectivity index (χ4v) is 10.9. The maximum atomic E-state index is 12.9. The summed E-state index contributed by atoms with van der Waals surface area (Å²) >= 11 is 0. The van der Waals surface area contributed by atoms with Gasteiger partial charge in [0.2, 0.25) is 0 Å². The Kier molecular flexibility index (Phi) is 17.3. The summed E-state index contributed by atoms with van der Waals surface area (Å²) in [6.45, 7) is 9.37. The third-order valence-electron chi connectivity index (χ3n) is 11.5. The summed E-state index contributed by atoms with van der Waals surface area (Å²) in [5.74, 6) is 0.396. The van der Waals surface area contributed by atoms with Crippen molar-refractivity contribution in [3.05, 3.63) is 67.0 Å². The molecule has 6 N–H and O–H groups in total. The zero-order valence-electron chi connectivity index (χ0n) is 42.3. The van der Waals surface area contributed by atoms with Crippen LogP contribution < -0.4 is 19.9 Å². The minimum atomic E-state index is -4.61. The lowest BCUT2D eigenvalue weighted by molar-refractivity contribution is -0.870. The molecule has 0 bridgehead atoms. The molecule has 0 amide bonds. The summed E-state index contributed by atoms with van der Waals surface area (Å²) in [5, 5.41) is 16.6. The molecule has 400 valence electrons. The zero-order chi connectivity index (χ0) is 53.1. The summed E-state index contributed by atoms with van der Waals surface area (Å²) in [7, 11) is -7.53. The molecule has 2 aromatic heterocycles. The van der Waals surface area contributed by atoms with Crippen LogP contribution in [0.2, 0.25) is 0 Å². The predicted molar refractivity (Wildman–Crippen MR) is 271 cm³/mol. The van der Waals surface area contributed by atoms with Crippen LogP contribution in [0.1, 0.15) is 47.8 Å². The summed E-state index contributed by atoms with van der Waals surface area (Å²) in [6, 6.07) is 18.8. The SMILES string of the molecule is CC(C)(C)OP(=O)(O)OCC1OC(n2cnc3c(N)nc(OCCOP(=O)(O)OCCOc4cc5c6ccccc6c(OCCOP(=O)(O)OCC[N+](C)(C)C)cc5c5ccccc45)nc32)C(O)C1C(C)(C)C. The van der Waals surface area contributed by atoms with Gasteiger partial charge in [-0.1, -0.05) is 69.3 Å². The van der Waals surface area contributed by atoms with Crippen LogP contribution in [0.5, 0.6) is 17.5 Å². The van der Waals surface area contributed by atoms with E-state index in [2.05, 4.69) is 15.0 Å². The van der Waals surface area contributed by atoms with Gasteiger partial charge in [-0.3, -0.25) is 31.7 Å². The second kappa shape index (κ2) is 22.5. The van der Waals surface area contributed by atoms with Gasteiger partial charge in [-0.05, 0) is 59.9 Å². The van der Waals surface area contributed by atoms with Crippen molar-refractivity contribution in [1.29, 1.82) is 0 Å². The minimum absolute atomic E-state index is 0.0208. The summed E-state index contributed by atoms with van der Waals surface area (Å²) in [6.07, 6.45) is -1.72. The first kappa shape index (κ1) is 56.3. The van der Waals surface area contributed by atoms with Crippen LogP contribution in [0, 0.1) is 11.3 Å². The number of likely N-dealkylation sites (N-methyl/N-ethyl adjacent to an activating group) is 1. The first-order chi connectivity index (χ1) is 34.1. The number of phosphoric acid groups is 3. The fourth-order valence-electron chi connectivity index (χ4n) is 8.42. The molecule has 26 heteroatoms. The number of nitrogens with two attached hydrogens (primary N) is 1. The van der Waals surface area contributed by atoms with E-state index in [1.807, 2.05) is 103 Å². The van der Waals surface area contributed by atoms with Gasteiger partial charge in [0, 0.05) is 16.7 Å². The molecule has 1 saturated heterocycles. The van der Waals surface area contributed by atoms with Crippen molar-refractivity contribution in [2.75, 3.05) is 86.3 Å². The third kappa shape index (κ3) is 14.7. The number of ether oxygens (including phenoxy) is 4. The number of rotatable bonds is 24. The second-order valence-electron chi connectivity index (χ2n) is 20.4. The lowest BCUT2D eigenvalue weighted by Gasteiger charge is -2.33. The van der Waals surface area contributed by atoms with E-state index in [9.17, 15) is 33.5 Å². The highest BCUT2D eigenvalue weighted by molar-refractivity contribution is 7.47. The number of imidazole rings is 1. The number of aromatic nitrogens is 4. The van der Waals surface area contributed by atoms with Gasteiger partial charge in [-0.2, -0.15) is 9.97 Å². The molecule has 0 saturated carbocycles. The van der Waals surface area contributed by atoms with E-state index in [0.29, 0.717) is 22.5 Å². The van der Waals surface area contributed by atoms with Gasteiger partial charge in [0.15, 0.2) is 23.2 Å². The van der Waals surface area contributed by atoms with E-state index in [0.717, 1.165) is 32.3 Å². The van der Waals surface area contributed by atoms with Gasteiger partial charge in [-0.25, -0.2) is 18.7 Å². The van der Waals surface area contributed by atoms with E-state index in [-0.39, 0.29) is 69.2 Å². The summed E-state index contributed by atoms with van der Waals surface area (Å²) in [5.41, 5.74) is 5.02. The number of nitrogen functional groups attached to an aromatic ring is 1. The number of fused-ring (bicyclic) bond motifs is 6.